The highest BCUT2D eigenvalue weighted by Gasteiger charge is 2.55. The Morgan fingerprint density at radius 3 is 1.69 bits per heavy atom. The van der Waals surface area contributed by atoms with E-state index in [9.17, 15) is 0 Å². The van der Waals surface area contributed by atoms with Crippen LogP contribution in [0, 0.1) is 0 Å². The number of hydrogen-bond donors (Lipinski definition) is 0. The SMILES string of the molecule is O=P1(c2ccccc2)c2ccccc2C2(c3ccccc3Oc3cc(-c4cccc(-c5nc(-c6ccccc6)nc(-c6ccccc6)n5)c4)ccc32)c2cc3c(cc21)oc1ccccc13. The van der Waals surface area contributed by atoms with Crippen LogP contribution >= 0.6 is 7.14 Å². The number of para-hydroxylation sites is 2. The summed E-state index contributed by atoms with van der Waals surface area (Å²) in [6, 6.07) is 73.8. The molecule has 6 nitrogen and oxygen atoms in total. The molecule has 2 aliphatic rings. The number of benzene rings is 9. The lowest BCUT2D eigenvalue weighted by Crippen LogP contribution is -2.47. The predicted molar refractivity (Wildman–Crippen MR) is 260 cm³/mol. The normalized spacial score (nSPS) is 16.9. The van der Waals surface area contributed by atoms with Crippen molar-refractivity contribution < 1.29 is 13.7 Å². The van der Waals surface area contributed by atoms with Crippen LogP contribution in [0.1, 0.15) is 22.3 Å². The number of fused-ring (bicyclic) bond motifs is 11. The lowest BCUT2D eigenvalue weighted by molar-refractivity contribution is 0.435. The fourth-order valence-corrected chi connectivity index (χ4v) is 13.3. The summed E-state index contributed by atoms with van der Waals surface area (Å²) in [5.74, 6) is 3.26. The molecule has 306 valence electrons. The van der Waals surface area contributed by atoms with Crippen LogP contribution in [0.15, 0.2) is 223 Å². The first-order chi connectivity index (χ1) is 32.1. The lowest BCUT2D eigenvalue weighted by Gasteiger charge is -2.47. The zero-order valence-corrected chi connectivity index (χ0v) is 35.7. The summed E-state index contributed by atoms with van der Waals surface area (Å²) < 4.78 is 30.0. The summed E-state index contributed by atoms with van der Waals surface area (Å²) in [7, 11) is -3.47. The molecule has 7 heteroatoms. The van der Waals surface area contributed by atoms with Crippen LogP contribution in [-0.2, 0) is 9.98 Å². The molecule has 1 spiro atoms. The van der Waals surface area contributed by atoms with Crippen molar-refractivity contribution in [2.45, 2.75) is 5.41 Å². The molecular weight excluding hydrogens is 818 g/mol. The molecule has 0 amide bonds. The summed E-state index contributed by atoms with van der Waals surface area (Å²) in [5, 5.41) is 4.32. The maximum Gasteiger partial charge on any atom is 0.171 e. The maximum absolute atomic E-state index is 16.5. The summed E-state index contributed by atoms with van der Waals surface area (Å²) in [6.07, 6.45) is 0. The first kappa shape index (κ1) is 37.4. The van der Waals surface area contributed by atoms with Crippen molar-refractivity contribution in [1.82, 2.24) is 15.0 Å². The van der Waals surface area contributed by atoms with E-state index >= 15 is 4.57 Å². The predicted octanol–water partition coefficient (Wildman–Crippen LogP) is 12.9. The van der Waals surface area contributed by atoms with Crippen LogP contribution in [0.25, 0.3) is 67.2 Å². The molecule has 0 saturated heterocycles. The summed E-state index contributed by atoms with van der Waals surface area (Å²) in [6.45, 7) is 0. The number of aromatic nitrogens is 3. The van der Waals surface area contributed by atoms with Gasteiger partial charge in [-0.15, -0.1) is 0 Å². The molecule has 0 fully saturated rings. The minimum Gasteiger partial charge on any atom is -0.457 e. The monoisotopic (exact) mass is 853 g/mol. The number of rotatable bonds is 5. The van der Waals surface area contributed by atoms with Crippen molar-refractivity contribution in [3.8, 4) is 56.8 Å². The van der Waals surface area contributed by atoms with Gasteiger partial charge in [-0.25, -0.2) is 15.0 Å². The van der Waals surface area contributed by atoms with Crippen molar-refractivity contribution >= 4 is 45.0 Å². The molecule has 0 N–H and O–H groups in total. The van der Waals surface area contributed by atoms with E-state index in [4.69, 9.17) is 24.1 Å². The molecule has 65 heavy (non-hydrogen) atoms. The van der Waals surface area contributed by atoms with Gasteiger partial charge in [0.25, 0.3) is 0 Å². The van der Waals surface area contributed by atoms with Crippen molar-refractivity contribution in [2.24, 2.45) is 0 Å². The number of furan rings is 1. The van der Waals surface area contributed by atoms with Crippen LogP contribution in [0.5, 0.6) is 11.5 Å². The second kappa shape index (κ2) is 14.4. The van der Waals surface area contributed by atoms with Gasteiger partial charge in [0.15, 0.2) is 24.6 Å². The molecule has 2 unspecified atom stereocenters. The van der Waals surface area contributed by atoms with E-state index in [1.807, 2.05) is 140 Å². The van der Waals surface area contributed by atoms with E-state index in [0.29, 0.717) is 23.1 Å². The molecule has 9 aromatic carbocycles. The highest BCUT2D eigenvalue weighted by atomic mass is 31.2. The van der Waals surface area contributed by atoms with Crippen molar-refractivity contribution in [3.63, 3.8) is 0 Å². The van der Waals surface area contributed by atoms with Gasteiger partial charge >= 0.3 is 0 Å². The fraction of sp³-hybridized carbons (Fsp3) is 0.0172. The van der Waals surface area contributed by atoms with Crippen molar-refractivity contribution in [1.29, 1.82) is 0 Å². The minimum absolute atomic E-state index is 0.581. The van der Waals surface area contributed by atoms with Gasteiger partial charge in [-0.05, 0) is 58.7 Å². The van der Waals surface area contributed by atoms with Gasteiger partial charge in [0, 0.05) is 54.5 Å². The quantitative estimate of drug-likeness (QED) is 0.161. The second-order valence-electron chi connectivity index (χ2n) is 16.6. The Balaban J connectivity index is 1.04. The Bertz CT molecular complexity index is 3680. The smallest absolute Gasteiger partial charge is 0.171 e. The van der Waals surface area contributed by atoms with Crippen LogP contribution in [0.3, 0.4) is 0 Å². The molecule has 11 aromatic rings. The summed E-state index contributed by atoms with van der Waals surface area (Å²) in [4.78, 5) is 15.0. The molecule has 0 saturated carbocycles. The van der Waals surface area contributed by atoms with E-state index in [1.165, 1.54) is 0 Å². The molecule has 4 heterocycles. The van der Waals surface area contributed by atoms with Crippen LogP contribution in [0.2, 0.25) is 0 Å². The Morgan fingerprint density at radius 1 is 0.369 bits per heavy atom. The van der Waals surface area contributed by atoms with Crippen LogP contribution in [-0.4, -0.2) is 15.0 Å². The van der Waals surface area contributed by atoms with Gasteiger partial charge in [-0.1, -0.05) is 182 Å². The zero-order chi connectivity index (χ0) is 43.1. The average molecular weight is 854 g/mol. The van der Waals surface area contributed by atoms with Gasteiger partial charge < -0.3 is 13.7 Å². The van der Waals surface area contributed by atoms with Gasteiger partial charge in [0.2, 0.25) is 0 Å². The molecule has 13 rings (SSSR count). The van der Waals surface area contributed by atoms with E-state index in [-0.39, 0.29) is 0 Å². The Morgan fingerprint density at radius 2 is 0.938 bits per heavy atom. The van der Waals surface area contributed by atoms with Crippen molar-refractivity contribution in [3.05, 3.63) is 241 Å². The number of ether oxygens (including phenoxy) is 1. The van der Waals surface area contributed by atoms with Crippen molar-refractivity contribution in [2.75, 3.05) is 0 Å². The molecule has 0 bridgehead atoms. The summed E-state index contributed by atoms with van der Waals surface area (Å²) in [5.41, 5.74) is 9.11. The standard InChI is InChI=1S/C58H36N3O3P/c62-65(42-23-8-3-9-24-42)53-30-15-12-27-47(53)58(48-35-44-43-25-10-13-28-49(43)63-51(44)36-54(48)65)45-26-11-14-29-50(45)64-52-34-40(31-32-46(52)58)39-21-16-22-41(33-39)57-60-55(37-17-4-1-5-18-37)59-56(61-57)38-19-6-2-7-20-38/h1-36H. The third kappa shape index (κ3) is 5.61. The zero-order valence-electron chi connectivity index (χ0n) is 34.8. The Labute approximate surface area is 374 Å². The average Bonchev–Trinajstić information content (AvgIpc) is 3.75. The van der Waals surface area contributed by atoms with E-state index < -0.39 is 12.6 Å². The van der Waals surface area contributed by atoms with Crippen LogP contribution in [0.4, 0.5) is 0 Å². The number of nitrogens with zero attached hydrogens (tertiary/aromatic N) is 3. The van der Waals surface area contributed by atoms with E-state index in [0.717, 1.165) is 93.8 Å². The first-order valence-corrected chi connectivity index (χ1v) is 23.4. The van der Waals surface area contributed by atoms with E-state index in [2.05, 4.69) is 78.9 Å². The Kier molecular flexibility index (Phi) is 8.30. The lowest BCUT2D eigenvalue weighted by atomic mass is 9.63. The van der Waals surface area contributed by atoms with Gasteiger partial charge in [-0.2, -0.15) is 0 Å². The molecule has 2 aliphatic heterocycles. The highest BCUT2D eigenvalue weighted by molar-refractivity contribution is 7.85. The van der Waals surface area contributed by atoms with Crippen LogP contribution < -0.4 is 20.7 Å². The van der Waals surface area contributed by atoms with Gasteiger partial charge in [-0.3, -0.25) is 0 Å². The topological polar surface area (TPSA) is 78.1 Å². The number of hydrogen-bond acceptors (Lipinski definition) is 6. The molecule has 0 aliphatic carbocycles. The van der Waals surface area contributed by atoms with E-state index in [1.54, 1.807) is 0 Å². The maximum atomic E-state index is 16.5. The van der Waals surface area contributed by atoms with Gasteiger partial charge in [0.05, 0.1) is 5.41 Å². The second-order valence-corrected chi connectivity index (χ2v) is 19.3. The molecular formula is C58H36N3O3P. The Hall–Kier alpha value is -8.18. The largest absolute Gasteiger partial charge is 0.457 e. The molecule has 0 radical (unpaired) electrons. The fourth-order valence-electron chi connectivity index (χ4n) is 10.2. The third-order valence-corrected chi connectivity index (χ3v) is 16.2. The minimum atomic E-state index is -3.47. The molecule has 2 atom stereocenters. The summed E-state index contributed by atoms with van der Waals surface area (Å²) >= 11 is 0. The highest BCUT2D eigenvalue weighted by Crippen LogP contribution is 2.62. The molecule has 2 aromatic heterocycles. The third-order valence-electron chi connectivity index (χ3n) is 13.1. The first-order valence-electron chi connectivity index (χ1n) is 21.7. The van der Waals surface area contributed by atoms with Gasteiger partial charge in [0.1, 0.15) is 22.7 Å².